The van der Waals surface area contributed by atoms with E-state index in [-0.39, 0.29) is 10.7 Å². The Morgan fingerprint density at radius 1 is 1.18 bits per heavy atom. The molecule has 4 heteroatoms. The van der Waals surface area contributed by atoms with Crippen molar-refractivity contribution in [3.63, 3.8) is 0 Å². The SMILES string of the molecule is CC.CN1CCN(CCC(C)(C)C(=O)Cl)CC1. The summed E-state index contributed by atoms with van der Waals surface area (Å²) in [7, 11) is 2.14. The van der Waals surface area contributed by atoms with Gasteiger partial charge in [0.05, 0.1) is 0 Å². The van der Waals surface area contributed by atoms with E-state index in [2.05, 4.69) is 16.8 Å². The van der Waals surface area contributed by atoms with Crippen LogP contribution in [0.15, 0.2) is 0 Å². The van der Waals surface area contributed by atoms with E-state index in [1.807, 2.05) is 27.7 Å². The summed E-state index contributed by atoms with van der Waals surface area (Å²) >= 11 is 5.54. The van der Waals surface area contributed by atoms with E-state index in [0.29, 0.717) is 0 Å². The van der Waals surface area contributed by atoms with Gasteiger partial charge < -0.3 is 9.80 Å². The molecule has 17 heavy (non-hydrogen) atoms. The third-order valence-electron chi connectivity index (χ3n) is 3.18. The van der Waals surface area contributed by atoms with E-state index < -0.39 is 0 Å². The van der Waals surface area contributed by atoms with E-state index in [1.54, 1.807) is 0 Å². The zero-order valence-electron chi connectivity index (χ0n) is 11.9. The van der Waals surface area contributed by atoms with E-state index in [0.717, 1.165) is 39.1 Å². The summed E-state index contributed by atoms with van der Waals surface area (Å²) in [6.45, 7) is 13.2. The van der Waals surface area contributed by atoms with Gasteiger partial charge in [-0.25, -0.2) is 0 Å². The third kappa shape index (κ3) is 6.39. The van der Waals surface area contributed by atoms with Crippen molar-refractivity contribution in [1.29, 1.82) is 0 Å². The molecule has 1 heterocycles. The van der Waals surface area contributed by atoms with Crippen molar-refractivity contribution < 1.29 is 4.79 Å². The molecule has 0 N–H and O–H groups in total. The van der Waals surface area contributed by atoms with E-state index in [1.165, 1.54) is 0 Å². The van der Waals surface area contributed by atoms with Crippen molar-refractivity contribution in [2.75, 3.05) is 39.8 Å². The molecule has 0 saturated carbocycles. The number of rotatable bonds is 4. The first-order chi connectivity index (χ1) is 7.92. The molecule has 0 amide bonds. The molecule has 0 bridgehead atoms. The average molecular weight is 263 g/mol. The van der Waals surface area contributed by atoms with Gasteiger partial charge in [-0.15, -0.1) is 0 Å². The minimum Gasteiger partial charge on any atom is -0.304 e. The molecule has 0 unspecified atom stereocenters. The maximum atomic E-state index is 11.1. The van der Waals surface area contributed by atoms with Gasteiger partial charge in [-0.05, 0) is 31.6 Å². The lowest BCUT2D eigenvalue weighted by Gasteiger charge is -2.34. The standard InChI is InChI=1S/C11H21ClN2O.C2H6/c1-11(2,10(12)15)4-5-14-8-6-13(3)7-9-14;1-2/h4-9H2,1-3H3;1-2H3. The summed E-state index contributed by atoms with van der Waals surface area (Å²) in [5.74, 6) is 0. The largest absolute Gasteiger partial charge is 0.304 e. The number of hydrogen-bond acceptors (Lipinski definition) is 3. The molecule has 0 radical (unpaired) electrons. The highest BCUT2D eigenvalue weighted by Gasteiger charge is 2.26. The first-order valence-electron chi connectivity index (χ1n) is 6.53. The van der Waals surface area contributed by atoms with Gasteiger partial charge in [-0.2, -0.15) is 0 Å². The number of carbonyl (C=O) groups is 1. The van der Waals surface area contributed by atoms with Crippen LogP contribution in [0.5, 0.6) is 0 Å². The van der Waals surface area contributed by atoms with Crippen molar-refractivity contribution in [3.8, 4) is 0 Å². The van der Waals surface area contributed by atoms with Gasteiger partial charge in [0.1, 0.15) is 0 Å². The molecule has 0 aliphatic carbocycles. The van der Waals surface area contributed by atoms with Crippen molar-refractivity contribution >= 4 is 16.8 Å². The lowest BCUT2D eigenvalue weighted by molar-refractivity contribution is -0.119. The molecular formula is C13H27ClN2O. The molecule has 0 spiro atoms. The second-order valence-corrected chi connectivity index (χ2v) is 5.40. The molecular weight excluding hydrogens is 236 g/mol. The third-order valence-corrected chi connectivity index (χ3v) is 3.69. The lowest BCUT2D eigenvalue weighted by Crippen LogP contribution is -2.45. The molecule has 0 aromatic rings. The van der Waals surface area contributed by atoms with E-state index >= 15 is 0 Å². The van der Waals surface area contributed by atoms with Crippen LogP contribution < -0.4 is 0 Å². The fourth-order valence-corrected chi connectivity index (χ4v) is 1.70. The first-order valence-corrected chi connectivity index (χ1v) is 6.90. The van der Waals surface area contributed by atoms with Crippen LogP contribution in [0.4, 0.5) is 0 Å². The molecule has 3 nitrogen and oxygen atoms in total. The van der Waals surface area contributed by atoms with Gasteiger partial charge in [-0.3, -0.25) is 4.79 Å². The van der Waals surface area contributed by atoms with Crippen LogP contribution in [0.3, 0.4) is 0 Å². The number of hydrogen-bond donors (Lipinski definition) is 0. The highest BCUT2D eigenvalue weighted by Crippen LogP contribution is 2.24. The maximum Gasteiger partial charge on any atom is 0.227 e. The van der Waals surface area contributed by atoms with Crippen LogP contribution in [0, 0.1) is 5.41 Å². The van der Waals surface area contributed by atoms with E-state index in [4.69, 9.17) is 11.6 Å². The number of likely N-dealkylation sites (N-methyl/N-ethyl adjacent to an activating group) is 1. The van der Waals surface area contributed by atoms with Crippen molar-refractivity contribution in [2.24, 2.45) is 5.41 Å². The molecule has 1 rings (SSSR count). The van der Waals surface area contributed by atoms with Crippen LogP contribution in [-0.2, 0) is 4.79 Å². The topological polar surface area (TPSA) is 23.6 Å². The second kappa shape index (κ2) is 8.06. The Morgan fingerprint density at radius 3 is 2.06 bits per heavy atom. The minimum atomic E-state index is -0.384. The Bertz CT molecular complexity index is 223. The summed E-state index contributed by atoms with van der Waals surface area (Å²) < 4.78 is 0. The van der Waals surface area contributed by atoms with Crippen LogP contribution in [0.1, 0.15) is 34.1 Å². The predicted molar refractivity (Wildman–Crippen MR) is 74.5 cm³/mol. The zero-order valence-corrected chi connectivity index (χ0v) is 12.7. The summed E-state index contributed by atoms with van der Waals surface area (Å²) in [4.78, 5) is 15.9. The highest BCUT2D eigenvalue weighted by atomic mass is 35.5. The predicted octanol–water partition coefficient (Wildman–Crippen LogP) is 2.44. The monoisotopic (exact) mass is 262 g/mol. The molecule has 0 aromatic heterocycles. The maximum absolute atomic E-state index is 11.1. The van der Waals surface area contributed by atoms with Gasteiger partial charge in [-0.1, -0.05) is 27.7 Å². The lowest BCUT2D eigenvalue weighted by atomic mass is 9.91. The molecule has 0 aromatic carbocycles. The van der Waals surface area contributed by atoms with Gasteiger partial charge in [0.25, 0.3) is 0 Å². The fraction of sp³-hybridized carbons (Fsp3) is 0.923. The smallest absolute Gasteiger partial charge is 0.227 e. The highest BCUT2D eigenvalue weighted by molar-refractivity contribution is 6.64. The molecule has 0 atom stereocenters. The van der Waals surface area contributed by atoms with Crippen molar-refractivity contribution in [2.45, 2.75) is 34.1 Å². The van der Waals surface area contributed by atoms with Crippen LogP contribution in [-0.4, -0.2) is 54.8 Å². The Balaban J connectivity index is 0.00000121. The normalized spacial score (nSPS) is 18.5. The summed E-state index contributed by atoms with van der Waals surface area (Å²) in [6.07, 6.45) is 0.846. The number of nitrogens with zero attached hydrogens (tertiary/aromatic N) is 2. The van der Waals surface area contributed by atoms with Gasteiger partial charge in [0, 0.05) is 31.6 Å². The Kier molecular flexibility index (Phi) is 8.01. The summed E-state index contributed by atoms with van der Waals surface area (Å²) in [5, 5.41) is -0.225. The Labute approximate surface area is 111 Å². The van der Waals surface area contributed by atoms with Gasteiger partial charge in [0.2, 0.25) is 5.24 Å². The zero-order chi connectivity index (χ0) is 13.5. The van der Waals surface area contributed by atoms with Crippen LogP contribution in [0.25, 0.3) is 0 Å². The molecule has 1 aliphatic rings. The van der Waals surface area contributed by atoms with Crippen molar-refractivity contribution in [3.05, 3.63) is 0 Å². The average Bonchev–Trinajstić information content (AvgIpc) is 2.31. The first kappa shape index (κ1) is 16.9. The summed E-state index contributed by atoms with van der Waals surface area (Å²) in [6, 6.07) is 0. The molecule has 1 fully saturated rings. The number of carbonyl (C=O) groups excluding carboxylic acids is 1. The van der Waals surface area contributed by atoms with Gasteiger partial charge >= 0.3 is 0 Å². The Morgan fingerprint density at radius 2 is 1.65 bits per heavy atom. The number of halogens is 1. The molecule has 1 aliphatic heterocycles. The summed E-state index contributed by atoms with van der Waals surface area (Å²) in [5.41, 5.74) is -0.384. The molecule has 1 saturated heterocycles. The van der Waals surface area contributed by atoms with Crippen molar-refractivity contribution in [1.82, 2.24) is 9.80 Å². The number of piperazine rings is 1. The van der Waals surface area contributed by atoms with Crippen LogP contribution >= 0.6 is 11.6 Å². The quantitative estimate of drug-likeness (QED) is 0.727. The van der Waals surface area contributed by atoms with E-state index in [9.17, 15) is 4.79 Å². The van der Waals surface area contributed by atoms with Gasteiger partial charge in [0.15, 0.2) is 0 Å². The van der Waals surface area contributed by atoms with Crippen LogP contribution in [0.2, 0.25) is 0 Å². The fourth-order valence-electron chi connectivity index (χ4n) is 1.61. The minimum absolute atomic E-state index is 0.225. The Hall–Kier alpha value is -0.120. The second-order valence-electron chi connectivity index (χ2n) is 5.05. The molecule has 102 valence electrons.